The molecule has 1 atom stereocenters. The number of carbonyl (C=O) groups excluding carboxylic acids is 1. The third-order valence-electron chi connectivity index (χ3n) is 6.27. The second kappa shape index (κ2) is 9.81. The molecule has 0 bridgehead atoms. The van der Waals surface area contributed by atoms with Crippen LogP contribution in [-0.2, 0) is 16.1 Å². The third-order valence-corrected chi connectivity index (χ3v) is 6.27. The van der Waals surface area contributed by atoms with Crippen LogP contribution < -0.4 is 5.32 Å². The van der Waals surface area contributed by atoms with Crippen LogP contribution in [0.15, 0.2) is 24.5 Å². The minimum Gasteiger partial charge on any atom is -0.377 e. The van der Waals surface area contributed by atoms with Crippen LogP contribution >= 0.6 is 0 Å². The van der Waals surface area contributed by atoms with E-state index in [9.17, 15) is 4.79 Å². The highest BCUT2D eigenvalue weighted by Gasteiger charge is 2.32. The summed E-state index contributed by atoms with van der Waals surface area (Å²) in [5.41, 5.74) is 0.972. The largest absolute Gasteiger partial charge is 0.377 e. The van der Waals surface area contributed by atoms with Gasteiger partial charge in [0.2, 0.25) is 5.91 Å². The SMILES string of the molecule is COC(C)(C)CNC(=O)C1CCCN(C2CCN(Cc3cccnc3)CC2)C1. The normalized spacial score (nSPS) is 22.9. The molecule has 3 heterocycles. The second-order valence-corrected chi connectivity index (χ2v) is 8.88. The number of amides is 1. The average molecular weight is 389 g/mol. The summed E-state index contributed by atoms with van der Waals surface area (Å²) in [6.07, 6.45) is 8.27. The maximum absolute atomic E-state index is 12.6. The molecule has 1 amide bonds. The van der Waals surface area contributed by atoms with Gasteiger partial charge in [-0.2, -0.15) is 0 Å². The molecule has 156 valence electrons. The zero-order valence-corrected chi connectivity index (χ0v) is 17.7. The van der Waals surface area contributed by atoms with E-state index in [0.717, 1.165) is 45.6 Å². The molecule has 28 heavy (non-hydrogen) atoms. The molecule has 1 aromatic rings. The van der Waals surface area contributed by atoms with E-state index in [1.165, 1.54) is 18.4 Å². The lowest BCUT2D eigenvalue weighted by Crippen LogP contribution is -2.51. The number of piperidine rings is 2. The average Bonchev–Trinajstić information content (AvgIpc) is 2.73. The zero-order chi connectivity index (χ0) is 20.0. The number of carbonyl (C=O) groups is 1. The lowest BCUT2D eigenvalue weighted by Gasteiger charge is -2.42. The van der Waals surface area contributed by atoms with Crippen LogP contribution in [0.4, 0.5) is 0 Å². The van der Waals surface area contributed by atoms with Crippen LogP contribution in [-0.4, -0.2) is 72.2 Å². The molecule has 0 spiro atoms. The Morgan fingerprint density at radius 1 is 1.29 bits per heavy atom. The summed E-state index contributed by atoms with van der Waals surface area (Å²) in [4.78, 5) is 21.9. The molecule has 6 heteroatoms. The molecule has 1 N–H and O–H groups in total. The lowest BCUT2D eigenvalue weighted by molar-refractivity contribution is -0.128. The van der Waals surface area contributed by atoms with E-state index >= 15 is 0 Å². The number of hydrogen-bond donors (Lipinski definition) is 1. The molecule has 2 aliphatic rings. The predicted octanol–water partition coefficient (Wildman–Crippen LogP) is 2.30. The highest BCUT2D eigenvalue weighted by molar-refractivity contribution is 5.79. The molecule has 6 nitrogen and oxygen atoms in total. The zero-order valence-electron chi connectivity index (χ0n) is 17.7. The van der Waals surface area contributed by atoms with E-state index < -0.39 is 0 Å². The van der Waals surface area contributed by atoms with Gasteiger partial charge in [-0.05, 0) is 70.8 Å². The number of nitrogens with one attached hydrogen (secondary N) is 1. The van der Waals surface area contributed by atoms with Crippen LogP contribution in [0.2, 0.25) is 0 Å². The van der Waals surface area contributed by atoms with Gasteiger partial charge in [0, 0.05) is 45.2 Å². The highest BCUT2D eigenvalue weighted by atomic mass is 16.5. The first-order valence-corrected chi connectivity index (χ1v) is 10.6. The standard InChI is InChI=1S/C22H36N4O2/c1-22(2,28-3)17-24-21(27)19-7-5-11-26(16-19)20-8-12-25(13-9-20)15-18-6-4-10-23-14-18/h4,6,10,14,19-20H,5,7-9,11-13,15-17H2,1-3H3,(H,24,27). The number of rotatable bonds is 7. The summed E-state index contributed by atoms with van der Waals surface area (Å²) < 4.78 is 5.41. The molecule has 0 saturated carbocycles. The summed E-state index contributed by atoms with van der Waals surface area (Å²) in [5.74, 6) is 0.290. The Bertz CT molecular complexity index is 614. The Labute approximate surface area is 169 Å². The molecule has 2 saturated heterocycles. The van der Waals surface area contributed by atoms with Crippen molar-refractivity contribution < 1.29 is 9.53 Å². The van der Waals surface area contributed by atoms with Crippen LogP contribution in [0.1, 0.15) is 45.1 Å². The van der Waals surface area contributed by atoms with Gasteiger partial charge in [0.25, 0.3) is 0 Å². The van der Waals surface area contributed by atoms with Gasteiger partial charge in [0.05, 0.1) is 11.5 Å². The first-order chi connectivity index (χ1) is 13.5. The number of likely N-dealkylation sites (tertiary alicyclic amines) is 2. The van der Waals surface area contributed by atoms with Crippen LogP contribution in [0.25, 0.3) is 0 Å². The maximum Gasteiger partial charge on any atom is 0.224 e. The fourth-order valence-electron chi connectivity index (χ4n) is 4.26. The van der Waals surface area contributed by atoms with E-state index in [4.69, 9.17) is 4.74 Å². The molecule has 0 radical (unpaired) electrons. The predicted molar refractivity (Wildman–Crippen MR) is 111 cm³/mol. The fraction of sp³-hybridized carbons (Fsp3) is 0.727. The van der Waals surface area contributed by atoms with Gasteiger partial charge in [-0.1, -0.05) is 6.07 Å². The first kappa shape index (κ1) is 21.2. The molecule has 2 aliphatic heterocycles. The second-order valence-electron chi connectivity index (χ2n) is 8.88. The summed E-state index contributed by atoms with van der Waals surface area (Å²) in [6, 6.07) is 4.77. The number of hydrogen-bond acceptors (Lipinski definition) is 5. The van der Waals surface area contributed by atoms with Crippen molar-refractivity contribution in [2.75, 3.05) is 39.8 Å². The van der Waals surface area contributed by atoms with Crippen molar-refractivity contribution in [2.24, 2.45) is 5.92 Å². The Balaban J connectivity index is 1.44. The highest BCUT2D eigenvalue weighted by Crippen LogP contribution is 2.25. The summed E-state index contributed by atoms with van der Waals surface area (Å²) >= 11 is 0. The summed E-state index contributed by atoms with van der Waals surface area (Å²) in [7, 11) is 1.69. The van der Waals surface area contributed by atoms with Gasteiger partial charge in [-0.15, -0.1) is 0 Å². The van der Waals surface area contributed by atoms with Crippen LogP contribution in [0.5, 0.6) is 0 Å². The lowest BCUT2D eigenvalue weighted by atomic mass is 9.93. The molecular formula is C22H36N4O2. The fourth-order valence-corrected chi connectivity index (χ4v) is 4.26. The Morgan fingerprint density at radius 3 is 2.75 bits per heavy atom. The third kappa shape index (κ3) is 6.00. The number of pyridine rings is 1. The van der Waals surface area contributed by atoms with E-state index in [1.54, 1.807) is 7.11 Å². The van der Waals surface area contributed by atoms with Gasteiger partial charge in [0.15, 0.2) is 0 Å². The Morgan fingerprint density at radius 2 is 2.07 bits per heavy atom. The van der Waals surface area contributed by atoms with Crippen LogP contribution in [0, 0.1) is 5.92 Å². The van der Waals surface area contributed by atoms with Gasteiger partial charge < -0.3 is 10.1 Å². The van der Waals surface area contributed by atoms with E-state index in [1.807, 2.05) is 32.3 Å². The molecule has 0 aliphatic carbocycles. The van der Waals surface area contributed by atoms with Crippen molar-refractivity contribution in [3.63, 3.8) is 0 Å². The topological polar surface area (TPSA) is 57.7 Å². The minimum atomic E-state index is -0.314. The minimum absolute atomic E-state index is 0.106. The Hall–Kier alpha value is -1.50. The summed E-state index contributed by atoms with van der Waals surface area (Å²) in [6.45, 7) is 9.81. The molecular weight excluding hydrogens is 352 g/mol. The van der Waals surface area contributed by atoms with Crippen LogP contribution in [0.3, 0.4) is 0 Å². The van der Waals surface area contributed by atoms with Crippen molar-refractivity contribution in [1.82, 2.24) is 20.1 Å². The number of nitrogens with zero attached hydrogens (tertiary/aromatic N) is 3. The molecule has 2 fully saturated rings. The maximum atomic E-state index is 12.6. The number of ether oxygens (including phenoxy) is 1. The van der Waals surface area contributed by atoms with E-state index in [2.05, 4.69) is 26.2 Å². The van der Waals surface area contributed by atoms with Crippen molar-refractivity contribution >= 4 is 5.91 Å². The van der Waals surface area contributed by atoms with E-state index in [-0.39, 0.29) is 17.4 Å². The number of methoxy groups -OCH3 is 1. The van der Waals surface area contributed by atoms with E-state index in [0.29, 0.717) is 12.6 Å². The first-order valence-electron chi connectivity index (χ1n) is 10.6. The van der Waals surface area contributed by atoms with Gasteiger partial charge >= 0.3 is 0 Å². The monoisotopic (exact) mass is 388 g/mol. The smallest absolute Gasteiger partial charge is 0.224 e. The molecule has 3 rings (SSSR count). The van der Waals surface area contributed by atoms with Gasteiger partial charge in [0.1, 0.15) is 0 Å². The molecule has 1 aromatic heterocycles. The summed E-state index contributed by atoms with van der Waals surface area (Å²) in [5, 5.41) is 3.10. The quantitative estimate of drug-likeness (QED) is 0.777. The number of aromatic nitrogens is 1. The van der Waals surface area contributed by atoms with Crippen molar-refractivity contribution in [3.8, 4) is 0 Å². The van der Waals surface area contributed by atoms with Gasteiger partial charge in [-0.25, -0.2) is 0 Å². The Kier molecular flexibility index (Phi) is 7.43. The molecule has 0 aromatic carbocycles. The molecule has 1 unspecified atom stereocenters. The van der Waals surface area contributed by atoms with Crippen molar-refractivity contribution in [3.05, 3.63) is 30.1 Å². The van der Waals surface area contributed by atoms with Crippen molar-refractivity contribution in [1.29, 1.82) is 0 Å². The van der Waals surface area contributed by atoms with Gasteiger partial charge in [-0.3, -0.25) is 19.6 Å². The van der Waals surface area contributed by atoms with Crippen molar-refractivity contribution in [2.45, 2.75) is 57.7 Å².